The van der Waals surface area contributed by atoms with Crippen molar-refractivity contribution in [2.75, 3.05) is 6.54 Å². The third-order valence-corrected chi connectivity index (χ3v) is 4.99. The first-order valence-corrected chi connectivity index (χ1v) is 9.07. The van der Waals surface area contributed by atoms with Gasteiger partial charge in [-0.15, -0.1) is 13.2 Å². The first-order valence-electron chi connectivity index (χ1n) is 7.58. The summed E-state index contributed by atoms with van der Waals surface area (Å²) >= 11 is 0. The Bertz CT molecular complexity index is 844. The quantitative estimate of drug-likeness (QED) is 0.754. The summed E-state index contributed by atoms with van der Waals surface area (Å²) < 4.78 is 71.9. The fraction of sp³-hybridized carbons (Fsp3) is 0.375. The molecule has 1 aromatic heterocycles. The minimum atomic E-state index is -4.85. The molecular formula is C16H18F3NO5S. The van der Waals surface area contributed by atoms with Gasteiger partial charge in [0.1, 0.15) is 17.3 Å². The van der Waals surface area contributed by atoms with Crippen LogP contribution in [0.1, 0.15) is 29.6 Å². The SMILES string of the molecule is Cc1cc([C@@H](O)CCNS(=O)(=O)c2ccc(OC(F)(F)F)cc2)c(C)o1. The molecule has 0 aliphatic carbocycles. The lowest BCUT2D eigenvalue weighted by Crippen LogP contribution is -2.26. The van der Waals surface area contributed by atoms with Gasteiger partial charge < -0.3 is 14.3 Å². The first-order chi connectivity index (χ1) is 12.0. The zero-order valence-electron chi connectivity index (χ0n) is 14.0. The minimum Gasteiger partial charge on any atom is -0.466 e. The molecule has 0 unspecified atom stereocenters. The van der Waals surface area contributed by atoms with Crippen molar-refractivity contribution < 1.29 is 35.8 Å². The molecule has 0 aliphatic heterocycles. The summed E-state index contributed by atoms with van der Waals surface area (Å²) in [6, 6.07) is 5.50. The third-order valence-electron chi connectivity index (χ3n) is 3.52. The number of hydrogen-bond acceptors (Lipinski definition) is 5. The van der Waals surface area contributed by atoms with Crippen LogP contribution in [-0.2, 0) is 10.0 Å². The molecule has 1 aromatic carbocycles. The highest BCUT2D eigenvalue weighted by Crippen LogP contribution is 2.25. The van der Waals surface area contributed by atoms with Gasteiger partial charge in [-0.05, 0) is 50.6 Å². The van der Waals surface area contributed by atoms with Crippen molar-refractivity contribution in [1.29, 1.82) is 0 Å². The Morgan fingerprint density at radius 1 is 1.23 bits per heavy atom. The normalized spacial score (nSPS) is 13.6. The predicted molar refractivity (Wildman–Crippen MR) is 86.1 cm³/mol. The number of benzene rings is 1. The zero-order valence-corrected chi connectivity index (χ0v) is 14.8. The molecule has 0 amide bonds. The van der Waals surface area contributed by atoms with Crippen LogP contribution in [-0.4, -0.2) is 26.4 Å². The molecule has 0 fully saturated rings. The molecule has 1 atom stereocenters. The van der Waals surface area contributed by atoms with Gasteiger partial charge in [-0.3, -0.25) is 0 Å². The van der Waals surface area contributed by atoms with Gasteiger partial charge in [0.2, 0.25) is 10.0 Å². The number of aryl methyl sites for hydroxylation is 2. The second-order valence-electron chi connectivity index (χ2n) is 5.59. The summed E-state index contributed by atoms with van der Waals surface area (Å²) in [6.45, 7) is 3.37. The number of nitrogens with one attached hydrogen (secondary N) is 1. The second-order valence-corrected chi connectivity index (χ2v) is 7.36. The highest BCUT2D eigenvalue weighted by atomic mass is 32.2. The summed E-state index contributed by atoms with van der Waals surface area (Å²) in [4.78, 5) is -0.211. The van der Waals surface area contributed by atoms with Crippen LogP contribution in [0.3, 0.4) is 0 Å². The van der Waals surface area contributed by atoms with E-state index in [-0.39, 0.29) is 17.9 Å². The maximum atomic E-state index is 12.1. The molecule has 144 valence electrons. The van der Waals surface area contributed by atoms with Gasteiger partial charge in [0.25, 0.3) is 0 Å². The number of aliphatic hydroxyl groups is 1. The van der Waals surface area contributed by atoms with Crippen LogP contribution in [0.15, 0.2) is 39.6 Å². The number of halogens is 3. The van der Waals surface area contributed by atoms with Gasteiger partial charge in [-0.2, -0.15) is 0 Å². The monoisotopic (exact) mass is 393 g/mol. The molecule has 6 nitrogen and oxygen atoms in total. The average molecular weight is 393 g/mol. The van der Waals surface area contributed by atoms with Crippen molar-refractivity contribution in [3.8, 4) is 5.75 Å². The summed E-state index contributed by atoms with van der Waals surface area (Å²) in [5.41, 5.74) is 0.579. The molecule has 10 heteroatoms. The fourth-order valence-corrected chi connectivity index (χ4v) is 3.42. The zero-order chi connectivity index (χ0) is 19.5. The van der Waals surface area contributed by atoms with Gasteiger partial charge in [0, 0.05) is 12.1 Å². The molecule has 2 rings (SSSR count). The predicted octanol–water partition coefficient (Wildman–Crippen LogP) is 3.20. The maximum absolute atomic E-state index is 12.1. The molecule has 2 N–H and O–H groups in total. The number of furan rings is 1. The Morgan fingerprint density at radius 3 is 2.35 bits per heavy atom. The first kappa shape index (κ1) is 20.3. The topological polar surface area (TPSA) is 88.8 Å². The second kappa shape index (κ2) is 7.68. The lowest BCUT2D eigenvalue weighted by atomic mass is 10.1. The van der Waals surface area contributed by atoms with E-state index in [1.807, 2.05) is 0 Å². The Kier molecular flexibility index (Phi) is 5.99. The minimum absolute atomic E-state index is 0.0615. The number of hydrogen-bond donors (Lipinski definition) is 2. The van der Waals surface area contributed by atoms with E-state index < -0.39 is 28.2 Å². The molecular weight excluding hydrogens is 375 g/mol. The molecule has 1 heterocycles. The smallest absolute Gasteiger partial charge is 0.466 e. The Morgan fingerprint density at radius 2 is 1.85 bits per heavy atom. The molecule has 0 aliphatic rings. The molecule has 0 saturated carbocycles. The van der Waals surface area contributed by atoms with Crippen LogP contribution in [0.25, 0.3) is 0 Å². The van der Waals surface area contributed by atoms with Crippen molar-refractivity contribution in [3.05, 3.63) is 47.4 Å². The van der Waals surface area contributed by atoms with Gasteiger partial charge in [-0.1, -0.05) is 0 Å². The highest BCUT2D eigenvalue weighted by molar-refractivity contribution is 7.89. The van der Waals surface area contributed by atoms with Crippen molar-refractivity contribution in [2.24, 2.45) is 0 Å². The van der Waals surface area contributed by atoms with E-state index in [4.69, 9.17) is 4.42 Å². The molecule has 0 spiro atoms. The van der Waals surface area contributed by atoms with Crippen LogP contribution >= 0.6 is 0 Å². The number of rotatable bonds is 7. The van der Waals surface area contributed by atoms with E-state index in [0.717, 1.165) is 24.3 Å². The van der Waals surface area contributed by atoms with Crippen LogP contribution < -0.4 is 9.46 Å². The van der Waals surface area contributed by atoms with Crippen LogP contribution in [0, 0.1) is 13.8 Å². The lowest BCUT2D eigenvalue weighted by Gasteiger charge is -2.12. The molecule has 0 bridgehead atoms. The van der Waals surface area contributed by atoms with Crippen molar-refractivity contribution in [2.45, 2.75) is 37.6 Å². The summed E-state index contributed by atoms with van der Waals surface area (Å²) in [7, 11) is -3.92. The van der Waals surface area contributed by atoms with E-state index in [9.17, 15) is 26.7 Å². The van der Waals surface area contributed by atoms with Gasteiger partial charge in [0.05, 0.1) is 11.0 Å². The van der Waals surface area contributed by atoms with E-state index in [2.05, 4.69) is 9.46 Å². The van der Waals surface area contributed by atoms with Gasteiger partial charge >= 0.3 is 6.36 Å². The molecule has 0 radical (unpaired) electrons. The van der Waals surface area contributed by atoms with E-state index in [0.29, 0.717) is 17.1 Å². The molecule has 2 aromatic rings. The maximum Gasteiger partial charge on any atom is 0.573 e. The van der Waals surface area contributed by atoms with E-state index in [1.165, 1.54) is 0 Å². The third kappa shape index (κ3) is 5.48. The summed E-state index contributed by atoms with van der Waals surface area (Å²) in [5.74, 6) is 0.675. The fourth-order valence-electron chi connectivity index (χ4n) is 2.37. The van der Waals surface area contributed by atoms with E-state index in [1.54, 1.807) is 19.9 Å². The molecule has 26 heavy (non-hydrogen) atoms. The number of sulfonamides is 1. The summed E-state index contributed by atoms with van der Waals surface area (Å²) in [5, 5.41) is 10.1. The standard InChI is InChI=1S/C16H18F3NO5S/c1-10-9-14(11(2)24-10)15(21)7-8-20-26(22,23)13-5-3-12(4-6-13)25-16(17,18)19/h3-6,9,15,20-21H,7-8H2,1-2H3/t15-/m0/s1. The largest absolute Gasteiger partial charge is 0.573 e. The Hall–Kier alpha value is -2.04. The van der Waals surface area contributed by atoms with Gasteiger partial charge in [-0.25, -0.2) is 13.1 Å². The van der Waals surface area contributed by atoms with Crippen molar-refractivity contribution >= 4 is 10.0 Å². The van der Waals surface area contributed by atoms with Gasteiger partial charge in [0.15, 0.2) is 0 Å². The summed E-state index contributed by atoms with van der Waals surface area (Å²) in [6.07, 6.45) is -5.65. The van der Waals surface area contributed by atoms with Crippen molar-refractivity contribution in [3.63, 3.8) is 0 Å². The van der Waals surface area contributed by atoms with Crippen LogP contribution in [0.4, 0.5) is 13.2 Å². The number of alkyl halides is 3. The van der Waals surface area contributed by atoms with E-state index >= 15 is 0 Å². The Labute approximate surface area is 148 Å². The van der Waals surface area contributed by atoms with Crippen LogP contribution in [0.5, 0.6) is 5.75 Å². The number of ether oxygens (including phenoxy) is 1. The van der Waals surface area contributed by atoms with Crippen LogP contribution in [0.2, 0.25) is 0 Å². The Balaban J connectivity index is 1.95. The molecule has 0 saturated heterocycles. The highest BCUT2D eigenvalue weighted by Gasteiger charge is 2.31. The number of aliphatic hydroxyl groups excluding tert-OH is 1. The van der Waals surface area contributed by atoms with Crippen molar-refractivity contribution in [1.82, 2.24) is 4.72 Å². The lowest BCUT2D eigenvalue weighted by molar-refractivity contribution is -0.274. The average Bonchev–Trinajstić information content (AvgIpc) is 2.84.